The number of hydrogen-bond donors (Lipinski definition) is 1. The molecule has 2 aromatic rings. The van der Waals surface area contributed by atoms with E-state index >= 15 is 0 Å². The Kier molecular flexibility index (Phi) is 7.51. The summed E-state index contributed by atoms with van der Waals surface area (Å²) in [6.07, 6.45) is 1.72. The average Bonchev–Trinajstić information content (AvgIpc) is 2.48. The highest BCUT2D eigenvalue weighted by Gasteiger charge is 1.97. The highest BCUT2D eigenvalue weighted by molar-refractivity contribution is 5.85. The fourth-order valence-electron chi connectivity index (χ4n) is 1.81. The Morgan fingerprint density at radius 3 is 2.00 bits per heavy atom. The van der Waals surface area contributed by atoms with Gasteiger partial charge in [0.2, 0.25) is 0 Å². The lowest BCUT2D eigenvalue weighted by atomic mass is 10.2. The molecule has 0 aromatic heterocycles. The van der Waals surface area contributed by atoms with E-state index in [2.05, 4.69) is 11.9 Å². The lowest BCUT2D eigenvalue weighted by molar-refractivity contribution is 0.363. The van der Waals surface area contributed by atoms with Crippen molar-refractivity contribution in [3.05, 3.63) is 78.1 Å². The summed E-state index contributed by atoms with van der Waals surface area (Å²) in [7, 11) is 0. The van der Waals surface area contributed by atoms with Gasteiger partial charge in [0.1, 0.15) is 18.2 Å². The molecule has 0 heterocycles. The molecule has 0 saturated heterocycles. The third kappa shape index (κ3) is 5.98. The van der Waals surface area contributed by atoms with E-state index in [0.717, 1.165) is 24.4 Å². The minimum absolute atomic E-state index is 0. The zero-order chi connectivity index (χ0) is 14.2. The van der Waals surface area contributed by atoms with Crippen LogP contribution in [0.15, 0.2) is 61.2 Å². The Labute approximate surface area is 131 Å². The predicted octanol–water partition coefficient (Wildman–Crippen LogP) is 4.10. The largest absolute Gasteiger partial charge is 0.490 e. The Bertz CT molecular complexity index is 540. The number of nitrogens with one attached hydrogen (secondary N) is 1. The highest BCUT2D eigenvalue weighted by atomic mass is 35.5. The minimum atomic E-state index is -0.205. The van der Waals surface area contributed by atoms with Gasteiger partial charge < -0.3 is 10.1 Å². The van der Waals surface area contributed by atoms with Gasteiger partial charge in [-0.25, -0.2) is 4.39 Å². The van der Waals surface area contributed by atoms with Gasteiger partial charge >= 0.3 is 0 Å². The van der Waals surface area contributed by atoms with E-state index in [1.165, 1.54) is 17.7 Å². The molecule has 0 bridgehead atoms. The van der Waals surface area contributed by atoms with Crippen LogP contribution in [0.4, 0.5) is 4.39 Å². The monoisotopic (exact) mass is 307 g/mol. The van der Waals surface area contributed by atoms with Gasteiger partial charge in [-0.1, -0.05) is 36.9 Å². The first-order valence-corrected chi connectivity index (χ1v) is 6.56. The molecule has 4 heteroatoms. The van der Waals surface area contributed by atoms with E-state index in [9.17, 15) is 4.39 Å². The first-order chi connectivity index (χ1) is 9.78. The summed E-state index contributed by atoms with van der Waals surface area (Å²) in [5.74, 6) is 0.635. The lowest BCUT2D eigenvalue weighted by Crippen LogP contribution is -2.12. The fraction of sp³-hybridized carbons (Fsp3) is 0.176. The Morgan fingerprint density at radius 1 is 0.952 bits per heavy atom. The van der Waals surface area contributed by atoms with Gasteiger partial charge in [0.25, 0.3) is 0 Å². The summed E-state index contributed by atoms with van der Waals surface area (Å²) in [4.78, 5) is 0. The van der Waals surface area contributed by atoms with Crippen molar-refractivity contribution in [2.75, 3.05) is 6.61 Å². The molecular weight excluding hydrogens is 289 g/mol. The zero-order valence-corrected chi connectivity index (χ0v) is 12.5. The normalized spacial score (nSPS) is 9.76. The van der Waals surface area contributed by atoms with Crippen LogP contribution in [0.1, 0.15) is 11.1 Å². The number of benzene rings is 2. The number of hydrogen-bond acceptors (Lipinski definition) is 2. The zero-order valence-electron chi connectivity index (χ0n) is 11.7. The molecule has 0 amide bonds. The molecular formula is C17H19ClFNO. The van der Waals surface area contributed by atoms with Crippen molar-refractivity contribution in [3.8, 4) is 5.75 Å². The van der Waals surface area contributed by atoms with Crippen molar-refractivity contribution in [1.82, 2.24) is 5.32 Å². The van der Waals surface area contributed by atoms with Crippen LogP contribution in [0, 0.1) is 5.82 Å². The number of rotatable bonds is 7. The van der Waals surface area contributed by atoms with Crippen molar-refractivity contribution >= 4 is 12.4 Å². The van der Waals surface area contributed by atoms with Gasteiger partial charge in [-0.2, -0.15) is 0 Å². The molecule has 0 aliphatic carbocycles. The van der Waals surface area contributed by atoms with Crippen molar-refractivity contribution in [1.29, 1.82) is 0 Å². The van der Waals surface area contributed by atoms with Crippen LogP contribution in [-0.4, -0.2) is 6.61 Å². The van der Waals surface area contributed by atoms with Crippen LogP contribution in [0.2, 0.25) is 0 Å². The second-order valence-electron chi connectivity index (χ2n) is 4.47. The maximum Gasteiger partial charge on any atom is 0.123 e. The van der Waals surface area contributed by atoms with E-state index in [-0.39, 0.29) is 18.2 Å². The molecule has 0 saturated carbocycles. The Balaban J connectivity index is 0.00000220. The predicted molar refractivity (Wildman–Crippen MR) is 86.3 cm³/mol. The van der Waals surface area contributed by atoms with Crippen LogP contribution < -0.4 is 10.1 Å². The van der Waals surface area contributed by atoms with Gasteiger partial charge in [0.15, 0.2) is 0 Å². The molecule has 0 atom stereocenters. The molecule has 0 spiro atoms. The highest BCUT2D eigenvalue weighted by Crippen LogP contribution is 2.12. The number of halogens is 2. The molecule has 2 nitrogen and oxygen atoms in total. The molecule has 0 radical (unpaired) electrons. The van der Waals surface area contributed by atoms with Crippen molar-refractivity contribution < 1.29 is 9.13 Å². The van der Waals surface area contributed by atoms with Crippen molar-refractivity contribution in [3.63, 3.8) is 0 Å². The Hall–Kier alpha value is -1.84. The summed E-state index contributed by atoms with van der Waals surface area (Å²) in [5, 5.41) is 3.32. The third-order valence-corrected chi connectivity index (χ3v) is 2.86. The second kappa shape index (κ2) is 9.16. The van der Waals surface area contributed by atoms with Gasteiger partial charge in [-0.05, 0) is 35.4 Å². The molecule has 0 unspecified atom stereocenters. The molecule has 0 fully saturated rings. The van der Waals surface area contributed by atoms with E-state index < -0.39 is 0 Å². The maximum atomic E-state index is 12.8. The van der Waals surface area contributed by atoms with Crippen LogP contribution >= 0.6 is 12.4 Å². The molecule has 1 N–H and O–H groups in total. The molecule has 2 rings (SSSR count). The van der Waals surface area contributed by atoms with Gasteiger partial charge in [0.05, 0.1) is 0 Å². The topological polar surface area (TPSA) is 21.3 Å². The summed E-state index contributed by atoms with van der Waals surface area (Å²) in [5.41, 5.74) is 2.25. The standard InChI is InChI=1S/C17H18FNO.ClH/c1-2-11-20-17-9-5-15(6-10-17)13-19-12-14-3-7-16(18)8-4-14;/h2-10,19H,1,11-13H2;1H. The molecule has 0 aliphatic heterocycles. The van der Waals surface area contributed by atoms with E-state index in [1.54, 1.807) is 18.2 Å². The summed E-state index contributed by atoms with van der Waals surface area (Å²) in [6, 6.07) is 14.5. The third-order valence-electron chi connectivity index (χ3n) is 2.86. The quantitative estimate of drug-likeness (QED) is 0.778. The first-order valence-electron chi connectivity index (χ1n) is 6.56. The van der Waals surface area contributed by atoms with E-state index in [4.69, 9.17) is 4.74 Å². The van der Waals surface area contributed by atoms with Crippen LogP contribution in [0.5, 0.6) is 5.75 Å². The van der Waals surface area contributed by atoms with Gasteiger partial charge in [0, 0.05) is 13.1 Å². The van der Waals surface area contributed by atoms with Crippen LogP contribution in [0.25, 0.3) is 0 Å². The Morgan fingerprint density at radius 2 is 1.48 bits per heavy atom. The summed E-state index contributed by atoms with van der Waals surface area (Å²) < 4.78 is 18.2. The maximum absolute atomic E-state index is 12.8. The SMILES string of the molecule is C=CCOc1ccc(CNCc2ccc(F)cc2)cc1.Cl. The van der Waals surface area contributed by atoms with Crippen molar-refractivity contribution in [2.24, 2.45) is 0 Å². The second-order valence-corrected chi connectivity index (χ2v) is 4.47. The van der Waals surface area contributed by atoms with Crippen LogP contribution in [-0.2, 0) is 13.1 Å². The number of ether oxygens (including phenoxy) is 1. The van der Waals surface area contributed by atoms with Gasteiger partial charge in [-0.3, -0.25) is 0 Å². The van der Waals surface area contributed by atoms with E-state index in [0.29, 0.717) is 6.61 Å². The summed E-state index contributed by atoms with van der Waals surface area (Å²) >= 11 is 0. The minimum Gasteiger partial charge on any atom is -0.490 e. The molecule has 0 aliphatic rings. The van der Waals surface area contributed by atoms with E-state index in [1.807, 2.05) is 24.3 Å². The summed E-state index contributed by atoms with van der Waals surface area (Å²) in [6.45, 7) is 5.61. The molecule has 21 heavy (non-hydrogen) atoms. The average molecular weight is 308 g/mol. The fourth-order valence-corrected chi connectivity index (χ4v) is 1.81. The first kappa shape index (κ1) is 17.2. The molecule has 2 aromatic carbocycles. The van der Waals surface area contributed by atoms with Gasteiger partial charge in [-0.15, -0.1) is 12.4 Å². The lowest BCUT2D eigenvalue weighted by Gasteiger charge is -2.07. The van der Waals surface area contributed by atoms with Crippen LogP contribution in [0.3, 0.4) is 0 Å². The van der Waals surface area contributed by atoms with Crippen molar-refractivity contribution in [2.45, 2.75) is 13.1 Å². The smallest absolute Gasteiger partial charge is 0.123 e. The molecule has 112 valence electrons.